The first kappa shape index (κ1) is 47.5. The predicted molar refractivity (Wildman–Crippen MR) is 227 cm³/mol. The fourth-order valence-electron chi connectivity index (χ4n) is 12.1. The number of carbonyl (C=O) groups is 3. The topological polar surface area (TPSA) is 170 Å². The fourth-order valence-corrected chi connectivity index (χ4v) is 12.1. The van der Waals surface area contributed by atoms with Gasteiger partial charge in [-0.3, -0.25) is 14.4 Å². The Bertz CT molecular complexity index is 1550. The number of hydrogen-bond acceptors (Lipinski definition) is 10. The number of amides is 1. The monoisotopic (exact) mass is 846 g/mol. The summed E-state index contributed by atoms with van der Waals surface area (Å²) in [6, 6.07) is -0.576. The van der Waals surface area contributed by atoms with Gasteiger partial charge in [-0.05, 0) is 102 Å². The molecule has 0 aromatic rings. The van der Waals surface area contributed by atoms with Gasteiger partial charge < -0.3 is 44.3 Å². The maximum absolute atomic E-state index is 14.7. The molecule has 6 aliphatic rings. The molecule has 4 N–H and O–H groups in total. The van der Waals surface area contributed by atoms with E-state index in [4.69, 9.17) is 23.7 Å². The summed E-state index contributed by atoms with van der Waals surface area (Å²) in [5, 5.41) is 36.3. The third-order valence-corrected chi connectivity index (χ3v) is 16.5. The van der Waals surface area contributed by atoms with Gasteiger partial charge in [0.05, 0.1) is 53.7 Å². The number of carboxylic acid groups (broad SMARTS) is 1. The Morgan fingerprint density at radius 3 is 2.15 bits per heavy atom. The number of Topliss-reactive ketones (excluding diaryl/α,β-unsaturated/α-hetero) is 1. The quantitative estimate of drug-likeness (QED) is 0.128. The molecule has 0 aromatic carbocycles. The molecule has 2 spiro atoms. The summed E-state index contributed by atoms with van der Waals surface area (Å²) in [7, 11) is 0. The van der Waals surface area contributed by atoms with Gasteiger partial charge in [-0.25, -0.2) is 0 Å². The number of aliphatic carboxylic acids is 1. The third kappa shape index (κ3) is 9.05. The van der Waals surface area contributed by atoms with Crippen molar-refractivity contribution in [1.82, 2.24) is 5.32 Å². The summed E-state index contributed by atoms with van der Waals surface area (Å²) in [4.78, 5) is 40.4. The number of aliphatic hydroxyl groups excluding tert-OH is 1. The molecule has 0 unspecified atom stereocenters. The molecule has 60 heavy (non-hydrogen) atoms. The molecule has 0 bridgehead atoms. The first-order valence-corrected chi connectivity index (χ1v) is 23.8. The van der Waals surface area contributed by atoms with Crippen LogP contribution in [0.4, 0.5) is 0 Å². The molecular weight excluding hydrogens is 767 g/mol. The van der Waals surface area contributed by atoms with Crippen molar-refractivity contribution in [2.75, 3.05) is 0 Å². The van der Waals surface area contributed by atoms with E-state index in [1.54, 1.807) is 6.92 Å². The van der Waals surface area contributed by atoms with Gasteiger partial charge in [-0.15, -0.1) is 0 Å². The van der Waals surface area contributed by atoms with Crippen LogP contribution in [0.15, 0.2) is 12.2 Å². The van der Waals surface area contributed by atoms with Crippen molar-refractivity contribution in [2.24, 2.45) is 47.3 Å². The highest BCUT2D eigenvalue weighted by Gasteiger charge is 2.63. The molecule has 5 aliphatic heterocycles. The lowest BCUT2D eigenvalue weighted by atomic mass is 9.72. The van der Waals surface area contributed by atoms with Crippen LogP contribution in [0.2, 0.25) is 0 Å². The van der Waals surface area contributed by atoms with Crippen LogP contribution in [0.25, 0.3) is 0 Å². The average molecular weight is 846 g/mol. The van der Waals surface area contributed by atoms with Crippen molar-refractivity contribution in [3.05, 3.63) is 12.2 Å². The molecule has 5 fully saturated rings. The second-order valence-electron chi connectivity index (χ2n) is 20.4. The van der Waals surface area contributed by atoms with Crippen molar-refractivity contribution in [2.45, 2.75) is 225 Å². The highest BCUT2D eigenvalue weighted by molar-refractivity contribution is 5.84. The van der Waals surface area contributed by atoms with Crippen LogP contribution in [-0.2, 0) is 38.1 Å². The Labute approximate surface area is 359 Å². The average Bonchev–Trinajstić information content (AvgIpc) is 3.88. The Morgan fingerprint density at radius 1 is 0.850 bits per heavy atom. The molecule has 18 atom stereocenters. The van der Waals surface area contributed by atoms with E-state index in [2.05, 4.69) is 33.0 Å². The van der Waals surface area contributed by atoms with E-state index in [1.165, 1.54) is 0 Å². The molecule has 4 saturated heterocycles. The molecule has 1 amide bonds. The summed E-state index contributed by atoms with van der Waals surface area (Å²) in [5.74, 6) is -5.78. The minimum atomic E-state index is -1.27. The Balaban J connectivity index is 1.23. The number of rotatable bonds is 14. The zero-order chi connectivity index (χ0) is 43.9. The number of carboxylic acids is 1. The van der Waals surface area contributed by atoms with Crippen LogP contribution >= 0.6 is 0 Å². The summed E-state index contributed by atoms with van der Waals surface area (Å²) in [6.07, 6.45) is 10.8. The molecule has 1 saturated carbocycles. The lowest BCUT2D eigenvalue weighted by Crippen LogP contribution is -2.66. The molecular formula is C48H79NO11. The highest BCUT2D eigenvalue weighted by Crippen LogP contribution is 2.54. The Morgan fingerprint density at radius 2 is 1.53 bits per heavy atom. The molecule has 342 valence electrons. The van der Waals surface area contributed by atoms with Gasteiger partial charge in [0.2, 0.25) is 5.91 Å². The van der Waals surface area contributed by atoms with E-state index >= 15 is 0 Å². The lowest BCUT2D eigenvalue weighted by Gasteiger charge is -2.55. The summed E-state index contributed by atoms with van der Waals surface area (Å²) < 4.78 is 34.7. The van der Waals surface area contributed by atoms with Crippen molar-refractivity contribution in [1.29, 1.82) is 0 Å². The molecule has 5 heterocycles. The van der Waals surface area contributed by atoms with Crippen molar-refractivity contribution in [3.63, 3.8) is 0 Å². The number of aliphatic hydroxyl groups is 2. The number of nitrogens with one attached hydrogen (secondary N) is 1. The van der Waals surface area contributed by atoms with E-state index < -0.39 is 76.8 Å². The van der Waals surface area contributed by atoms with E-state index in [0.29, 0.717) is 57.8 Å². The Hall–Kier alpha value is -1.93. The van der Waals surface area contributed by atoms with Crippen LogP contribution in [0.1, 0.15) is 159 Å². The number of carbonyl (C=O) groups excluding carboxylic acids is 2. The maximum Gasteiger partial charge on any atom is 0.309 e. The number of ether oxygens (including phenoxy) is 5. The SMILES string of the molecule is CC[C@@H](C(=O)[C@@H](C)[C@@H](O)[C@H](C)[C@@H]1O[C@@H]([C@@H](CC)C(=O)O)CC[C@@H]1C)[C@H]1O[C@]2(C=C[C@@H](NC(=O)C3CCCC3)[C@]3(CC[C@@](C)([C@H]4CC[C@](O)(CC)[C@H](C)O4)O3)O2)[C@H](C)C[C@@H]1C. The highest BCUT2D eigenvalue weighted by atomic mass is 16.8. The fraction of sp³-hybridized carbons (Fsp3) is 0.896. The normalized spacial score (nSPS) is 43.7. The summed E-state index contributed by atoms with van der Waals surface area (Å²) in [5.41, 5.74) is -1.65. The van der Waals surface area contributed by atoms with Crippen LogP contribution in [0.5, 0.6) is 0 Å². The maximum atomic E-state index is 14.7. The first-order valence-electron chi connectivity index (χ1n) is 23.8. The molecule has 12 heteroatoms. The minimum absolute atomic E-state index is 0.00249. The van der Waals surface area contributed by atoms with Crippen molar-refractivity contribution in [3.8, 4) is 0 Å². The summed E-state index contributed by atoms with van der Waals surface area (Å²) >= 11 is 0. The van der Waals surface area contributed by atoms with Gasteiger partial charge in [-0.2, -0.15) is 0 Å². The Kier molecular flexibility index (Phi) is 14.8. The molecule has 0 aromatic heterocycles. The molecule has 0 radical (unpaired) electrons. The predicted octanol–water partition coefficient (Wildman–Crippen LogP) is 7.50. The molecule has 6 rings (SSSR count). The van der Waals surface area contributed by atoms with Crippen LogP contribution in [0.3, 0.4) is 0 Å². The molecule has 12 nitrogen and oxygen atoms in total. The first-order chi connectivity index (χ1) is 28.3. The third-order valence-electron chi connectivity index (χ3n) is 16.5. The zero-order valence-electron chi connectivity index (χ0n) is 38.3. The van der Waals surface area contributed by atoms with E-state index in [-0.39, 0.29) is 53.7 Å². The van der Waals surface area contributed by atoms with Gasteiger partial charge in [0, 0.05) is 36.0 Å². The van der Waals surface area contributed by atoms with Gasteiger partial charge in [0.15, 0.2) is 11.6 Å². The van der Waals surface area contributed by atoms with Crippen molar-refractivity contribution < 1.29 is 53.4 Å². The van der Waals surface area contributed by atoms with Gasteiger partial charge in [0.1, 0.15) is 11.8 Å². The smallest absolute Gasteiger partial charge is 0.309 e. The summed E-state index contributed by atoms with van der Waals surface area (Å²) in [6.45, 7) is 19.8. The van der Waals surface area contributed by atoms with Crippen LogP contribution in [-0.4, -0.2) is 98.4 Å². The molecule has 1 aliphatic carbocycles. The van der Waals surface area contributed by atoms with Gasteiger partial charge in [-0.1, -0.05) is 74.3 Å². The second-order valence-corrected chi connectivity index (χ2v) is 20.4. The van der Waals surface area contributed by atoms with Gasteiger partial charge >= 0.3 is 5.97 Å². The number of ketones is 1. The zero-order valence-corrected chi connectivity index (χ0v) is 38.3. The largest absolute Gasteiger partial charge is 0.481 e. The van der Waals surface area contributed by atoms with E-state index in [0.717, 1.165) is 32.1 Å². The standard InChI is InChI=1S/C48H79NO11/c1-11-34(44(53)54)36-19-18-27(4)41(57-36)31(8)39(50)30(7)40(51)35(12-2)42-28(5)26-29(6)47(58-42)23-20-37(49-43(52)33-16-14-15-17-33)48(60-47)25-24-45(10,59-48)38-21-22-46(55,13-3)32(9)56-38/h20,23,27-39,41-42,50,55H,11-19,21-22,24-26H2,1-10H3,(H,49,52)(H,53,54)/t27-,28-,29+,30-,31-,32-,34+,35-,36+,37+,38+,39+,41+,42-,45-,46+,47-,48-/m0/s1. The van der Waals surface area contributed by atoms with Crippen LogP contribution in [0, 0.1) is 47.3 Å². The van der Waals surface area contributed by atoms with Crippen LogP contribution < -0.4 is 5.32 Å². The lowest BCUT2D eigenvalue weighted by molar-refractivity contribution is -0.398. The van der Waals surface area contributed by atoms with E-state index in [1.807, 2.05) is 46.8 Å². The van der Waals surface area contributed by atoms with E-state index in [9.17, 15) is 29.7 Å². The van der Waals surface area contributed by atoms with Gasteiger partial charge in [0.25, 0.3) is 0 Å². The minimum Gasteiger partial charge on any atom is -0.481 e. The number of hydrogen-bond donors (Lipinski definition) is 4. The van der Waals surface area contributed by atoms with Crippen molar-refractivity contribution >= 4 is 17.7 Å². The second kappa shape index (κ2) is 18.7.